The van der Waals surface area contributed by atoms with E-state index in [0.29, 0.717) is 0 Å². The number of rotatable bonds is 1. The van der Waals surface area contributed by atoms with E-state index in [2.05, 4.69) is 22.5 Å². The van der Waals surface area contributed by atoms with Crippen LogP contribution in [0, 0.1) is 0 Å². The zero-order valence-electron chi connectivity index (χ0n) is 7.47. The van der Waals surface area contributed by atoms with Crippen LogP contribution in [0.3, 0.4) is 0 Å². The molecule has 66 valence electrons. The Bertz CT molecular complexity index is 256. The maximum atomic E-state index is 5.63. The Balaban J connectivity index is 0.000000561. The number of benzene rings is 1. The molecule has 1 nitrogen and oxygen atoms in total. The van der Waals surface area contributed by atoms with Crippen LogP contribution in [0.5, 0.6) is 0 Å². The molecule has 0 fully saturated rings. The fourth-order valence-corrected chi connectivity index (χ4v) is 1.11. The Morgan fingerprint density at radius 3 is 2.42 bits per heavy atom. The molecule has 0 aromatic heterocycles. The summed E-state index contributed by atoms with van der Waals surface area (Å²) in [7, 11) is 0. The highest BCUT2D eigenvalue weighted by atomic mass is 79.9. The van der Waals surface area contributed by atoms with Gasteiger partial charge in [-0.25, -0.2) is 0 Å². The number of nitrogens with two attached hydrogens (primary N) is 1. The minimum Gasteiger partial charge on any atom is -0.398 e. The first-order valence-corrected chi connectivity index (χ1v) is 4.71. The van der Waals surface area contributed by atoms with E-state index in [1.807, 2.05) is 32.0 Å². The SMILES string of the molecule is C=Cc1ccc(Br)cc1N.CC. The second-order valence-corrected chi connectivity index (χ2v) is 2.89. The van der Waals surface area contributed by atoms with E-state index < -0.39 is 0 Å². The molecule has 0 aliphatic carbocycles. The molecule has 1 aromatic carbocycles. The van der Waals surface area contributed by atoms with Crippen molar-refractivity contribution in [2.24, 2.45) is 0 Å². The summed E-state index contributed by atoms with van der Waals surface area (Å²) in [5, 5.41) is 0. The second kappa shape index (κ2) is 5.84. The lowest BCUT2D eigenvalue weighted by atomic mass is 10.2. The number of hydrogen-bond acceptors (Lipinski definition) is 1. The van der Waals surface area contributed by atoms with Crippen molar-refractivity contribution in [1.82, 2.24) is 0 Å². The monoisotopic (exact) mass is 227 g/mol. The van der Waals surface area contributed by atoms with Gasteiger partial charge >= 0.3 is 0 Å². The molecule has 1 rings (SSSR count). The summed E-state index contributed by atoms with van der Waals surface area (Å²) in [5.41, 5.74) is 7.36. The van der Waals surface area contributed by atoms with Crippen molar-refractivity contribution in [2.45, 2.75) is 13.8 Å². The zero-order chi connectivity index (χ0) is 9.56. The van der Waals surface area contributed by atoms with Crippen LogP contribution in [0.1, 0.15) is 19.4 Å². The first-order chi connectivity index (χ1) is 5.74. The lowest BCUT2D eigenvalue weighted by molar-refractivity contribution is 1.50. The first kappa shape index (κ1) is 11.2. The van der Waals surface area contributed by atoms with Crippen LogP contribution >= 0.6 is 15.9 Å². The molecule has 2 heteroatoms. The number of halogens is 1. The summed E-state index contributed by atoms with van der Waals surface area (Å²) in [4.78, 5) is 0. The maximum Gasteiger partial charge on any atom is 0.0398 e. The smallest absolute Gasteiger partial charge is 0.0398 e. The van der Waals surface area contributed by atoms with Gasteiger partial charge in [0.2, 0.25) is 0 Å². The average molecular weight is 228 g/mol. The Hall–Kier alpha value is -0.760. The van der Waals surface area contributed by atoms with E-state index in [4.69, 9.17) is 5.73 Å². The molecular formula is C10H14BrN. The number of anilines is 1. The normalized spacial score (nSPS) is 8.25. The van der Waals surface area contributed by atoms with Crippen LogP contribution in [-0.2, 0) is 0 Å². The highest BCUT2D eigenvalue weighted by Gasteiger charge is 1.93. The largest absolute Gasteiger partial charge is 0.398 e. The molecule has 0 atom stereocenters. The fraction of sp³-hybridized carbons (Fsp3) is 0.200. The van der Waals surface area contributed by atoms with Crippen LogP contribution in [0.25, 0.3) is 6.08 Å². The van der Waals surface area contributed by atoms with E-state index in [9.17, 15) is 0 Å². The minimum atomic E-state index is 0.754. The van der Waals surface area contributed by atoms with Gasteiger partial charge in [0, 0.05) is 10.2 Å². The third-order valence-electron chi connectivity index (χ3n) is 1.27. The maximum absolute atomic E-state index is 5.63. The molecule has 0 unspecified atom stereocenters. The summed E-state index contributed by atoms with van der Waals surface area (Å²) in [6, 6.07) is 5.72. The van der Waals surface area contributed by atoms with Gasteiger partial charge in [-0.15, -0.1) is 0 Å². The van der Waals surface area contributed by atoms with Gasteiger partial charge in [0.15, 0.2) is 0 Å². The lowest BCUT2D eigenvalue weighted by Crippen LogP contribution is -1.87. The summed E-state index contributed by atoms with van der Waals surface area (Å²) in [5.74, 6) is 0. The number of hydrogen-bond donors (Lipinski definition) is 1. The zero-order valence-corrected chi connectivity index (χ0v) is 9.06. The molecule has 0 radical (unpaired) electrons. The molecule has 12 heavy (non-hydrogen) atoms. The van der Waals surface area contributed by atoms with Gasteiger partial charge in [0.1, 0.15) is 0 Å². The van der Waals surface area contributed by atoms with E-state index in [1.54, 1.807) is 6.08 Å². The first-order valence-electron chi connectivity index (χ1n) is 3.91. The number of nitrogen functional groups attached to an aromatic ring is 1. The predicted molar refractivity (Wildman–Crippen MR) is 60.0 cm³/mol. The molecule has 0 bridgehead atoms. The van der Waals surface area contributed by atoms with Crippen molar-refractivity contribution in [1.29, 1.82) is 0 Å². The molecule has 0 spiro atoms. The van der Waals surface area contributed by atoms with Crippen molar-refractivity contribution >= 4 is 27.7 Å². The molecule has 0 aliphatic rings. The van der Waals surface area contributed by atoms with E-state index in [0.717, 1.165) is 15.7 Å². The van der Waals surface area contributed by atoms with Crippen LogP contribution in [0.2, 0.25) is 0 Å². The molecule has 2 N–H and O–H groups in total. The van der Waals surface area contributed by atoms with Crippen molar-refractivity contribution in [3.63, 3.8) is 0 Å². The molecule has 1 aromatic rings. The van der Waals surface area contributed by atoms with Crippen molar-refractivity contribution in [2.75, 3.05) is 5.73 Å². The molecule has 0 heterocycles. The summed E-state index contributed by atoms with van der Waals surface area (Å²) in [6.45, 7) is 7.63. The van der Waals surface area contributed by atoms with Crippen molar-refractivity contribution in [3.8, 4) is 0 Å². The highest BCUT2D eigenvalue weighted by molar-refractivity contribution is 9.10. The Morgan fingerprint density at radius 2 is 2.00 bits per heavy atom. The highest BCUT2D eigenvalue weighted by Crippen LogP contribution is 2.18. The van der Waals surface area contributed by atoms with Crippen LogP contribution in [0.15, 0.2) is 29.3 Å². The van der Waals surface area contributed by atoms with Gasteiger partial charge in [0.25, 0.3) is 0 Å². The van der Waals surface area contributed by atoms with E-state index in [1.165, 1.54) is 0 Å². The van der Waals surface area contributed by atoms with Gasteiger partial charge in [0.05, 0.1) is 0 Å². The predicted octanol–water partition coefficient (Wildman–Crippen LogP) is 3.70. The van der Waals surface area contributed by atoms with Crippen molar-refractivity contribution in [3.05, 3.63) is 34.8 Å². The van der Waals surface area contributed by atoms with Gasteiger partial charge in [-0.3, -0.25) is 0 Å². The van der Waals surface area contributed by atoms with Crippen LogP contribution in [-0.4, -0.2) is 0 Å². The van der Waals surface area contributed by atoms with E-state index in [-0.39, 0.29) is 0 Å². The Kier molecular flexibility index (Phi) is 5.47. The van der Waals surface area contributed by atoms with Gasteiger partial charge in [-0.05, 0) is 17.7 Å². The minimum absolute atomic E-state index is 0.754. The topological polar surface area (TPSA) is 26.0 Å². The third kappa shape index (κ3) is 3.09. The van der Waals surface area contributed by atoms with E-state index >= 15 is 0 Å². The Labute approximate surface area is 82.4 Å². The summed E-state index contributed by atoms with van der Waals surface area (Å²) in [6.07, 6.45) is 1.74. The molecule has 0 saturated carbocycles. The molecule has 0 aliphatic heterocycles. The molecule has 0 amide bonds. The molecule has 0 saturated heterocycles. The van der Waals surface area contributed by atoms with Crippen molar-refractivity contribution < 1.29 is 0 Å². The quantitative estimate of drug-likeness (QED) is 0.728. The average Bonchev–Trinajstić information content (AvgIpc) is 2.08. The third-order valence-corrected chi connectivity index (χ3v) is 1.76. The summed E-state index contributed by atoms with van der Waals surface area (Å²) < 4.78 is 0.996. The van der Waals surface area contributed by atoms with Crippen LogP contribution in [0.4, 0.5) is 5.69 Å². The van der Waals surface area contributed by atoms with Gasteiger partial charge < -0.3 is 5.73 Å². The summed E-state index contributed by atoms with van der Waals surface area (Å²) >= 11 is 3.31. The standard InChI is InChI=1S/C8H8BrN.C2H6/c1-2-6-3-4-7(9)5-8(6)10;1-2/h2-5H,1,10H2;1-2H3. The lowest BCUT2D eigenvalue weighted by Gasteiger charge is -1.98. The molecular weight excluding hydrogens is 214 g/mol. The van der Waals surface area contributed by atoms with Gasteiger partial charge in [-0.1, -0.05) is 48.5 Å². The van der Waals surface area contributed by atoms with Gasteiger partial charge in [-0.2, -0.15) is 0 Å². The Morgan fingerprint density at radius 1 is 1.42 bits per heavy atom. The van der Waals surface area contributed by atoms with Crippen LogP contribution < -0.4 is 5.73 Å². The second-order valence-electron chi connectivity index (χ2n) is 1.98. The fourth-order valence-electron chi connectivity index (χ4n) is 0.732.